The molecule has 0 nitrogen and oxygen atoms in total. The third-order valence-electron chi connectivity index (χ3n) is 8.86. The van der Waals surface area contributed by atoms with Crippen LogP contribution in [0, 0.1) is 0 Å². The van der Waals surface area contributed by atoms with Crippen LogP contribution in [0.3, 0.4) is 0 Å². The Morgan fingerprint density at radius 2 is 1.08 bits per heavy atom. The average Bonchev–Trinajstić information content (AvgIpc) is 3.55. The molecule has 2 aliphatic carbocycles. The highest BCUT2D eigenvalue weighted by molar-refractivity contribution is 5.81. The topological polar surface area (TPSA) is 0 Å². The molecule has 0 aliphatic heterocycles. The van der Waals surface area contributed by atoms with Crippen LogP contribution >= 0.6 is 0 Å². The molecule has 184 valence electrons. The van der Waals surface area contributed by atoms with Gasteiger partial charge in [-0.15, -0.1) is 0 Å². The Labute approximate surface area is 226 Å². The molecule has 0 amide bonds. The van der Waals surface area contributed by atoms with E-state index in [1.54, 1.807) is 0 Å². The number of allylic oxidation sites excluding steroid dienone is 1. The van der Waals surface area contributed by atoms with E-state index in [-0.39, 0.29) is 17.3 Å². The van der Waals surface area contributed by atoms with E-state index in [9.17, 15) is 0 Å². The van der Waals surface area contributed by atoms with Crippen LogP contribution in [0.2, 0.25) is 0 Å². The van der Waals surface area contributed by atoms with Gasteiger partial charge in [0, 0.05) is 17.3 Å². The predicted molar refractivity (Wildman–Crippen MR) is 160 cm³/mol. The fourth-order valence-corrected chi connectivity index (χ4v) is 7.19. The summed E-state index contributed by atoms with van der Waals surface area (Å²) >= 11 is 0. The van der Waals surface area contributed by atoms with Crippen molar-refractivity contribution in [1.29, 1.82) is 0 Å². The third kappa shape index (κ3) is 3.30. The summed E-state index contributed by atoms with van der Waals surface area (Å²) in [6, 6.07) is 47.8. The van der Waals surface area contributed by atoms with E-state index in [0.29, 0.717) is 5.92 Å². The first-order chi connectivity index (χ1) is 18.7. The summed E-state index contributed by atoms with van der Waals surface area (Å²) in [5, 5.41) is 0. The first kappa shape index (κ1) is 23.0. The fraction of sp³-hybridized carbons (Fsp3) is 0.158. The fourth-order valence-electron chi connectivity index (χ4n) is 7.19. The van der Waals surface area contributed by atoms with Gasteiger partial charge in [0.15, 0.2) is 0 Å². The Morgan fingerprint density at radius 1 is 0.553 bits per heavy atom. The standard InChI is InChI=1S/C38H32/c1-26(2)27-21-23-31-28(25-27)22-24-36(31)38(29-13-5-3-6-14-29,30-15-7-4-8-16-30)37-34-19-11-9-17-32(34)33-18-10-12-20-35(33)37/h3-26,36-37H,1-2H3. The highest BCUT2D eigenvalue weighted by atomic mass is 14.5. The summed E-state index contributed by atoms with van der Waals surface area (Å²) in [4.78, 5) is 0. The molecule has 38 heavy (non-hydrogen) atoms. The summed E-state index contributed by atoms with van der Waals surface area (Å²) in [5.74, 6) is 0.868. The molecule has 1 atom stereocenters. The average molecular weight is 489 g/mol. The van der Waals surface area contributed by atoms with Crippen molar-refractivity contribution in [3.8, 4) is 11.1 Å². The van der Waals surface area contributed by atoms with Gasteiger partial charge in [-0.3, -0.25) is 0 Å². The van der Waals surface area contributed by atoms with Crippen molar-refractivity contribution in [2.75, 3.05) is 0 Å². The van der Waals surface area contributed by atoms with Crippen LogP contribution in [0.5, 0.6) is 0 Å². The van der Waals surface area contributed by atoms with Gasteiger partial charge in [-0.05, 0) is 56.0 Å². The smallest absolute Gasteiger partial charge is 0.0415 e. The highest BCUT2D eigenvalue weighted by Crippen LogP contribution is 2.62. The maximum absolute atomic E-state index is 2.48. The second kappa shape index (κ2) is 8.99. The number of hydrogen-bond donors (Lipinski definition) is 0. The Morgan fingerprint density at radius 3 is 1.63 bits per heavy atom. The van der Waals surface area contributed by atoms with Crippen molar-refractivity contribution in [3.63, 3.8) is 0 Å². The Bertz CT molecular complexity index is 1550. The second-order valence-corrected chi connectivity index (χ2v) is 11.1. The Kier molecular flexibility index (Phi) is 5.44. The summed E-state index contributed by atoms with van der Waals surface area (Å²) in [6.45, 7) is 4.56. The molecule has 1 unspecified atom stereocenters. The number of rotatable bonds is 5. The van der Waals surface area contributed by atoms with Crippen molar-refractivity contribution in [2.45, 2.75) is 37.0 Å². The first-order valence-corrected chi connectivity index (χ1v) is 13.8. The maximum atomic E-state index is 2.48. The lowest BCUT2D eigenvalue weighted by atomic mass is 9.55. The molecule has 0 bridgehead atoms. The van der Waals surface area contributed by atoms with Crippen LogP contribution in [0.15, 0.2) is 133 Å². The Hall–Kier alpha value is -4.16. The predicted octanol–water partition coefficient (Wildman–Crippen LogP) is 9.72. The van der Waals surface area contributed by atoms with Crippen LogP contribution in [-0.4, -0.2) is 0 Å². The minimum absolute atomic E-state index is 0.171. The number of hydrogen-bond acceptors (Lipinski definition) is 0. The minimum Gasteiger partial charge on any atom is -0.0751 e. The molecule has 5 aromatic rings. The van der Waals surface area contributed by atoms with Crippen molar-refractivity contribution in [3.05, 3.63) is 172 Å². The van der Waals surface area contributed by atoms with Gasteiger partial charge in [0.05, 0.1) is 0 Å². The van der Waals surface area contributed by atoms with Crippen LogP contribution in [-0.2, 0) is 5.41 Å². The minimum atomic E-state index is -0.327. The number of benzene rings is 5. The molecule has 2 aliphatic rings. The van der Waals surface area contributed by atoms with Gasteiger partial charge in [-0.1, -0.05) is 153 Å². The molecule has 0 spiro atoms. The SMILES string of the molecule is CC(C)c1ccc2c(c1)C=CC2C(c1ccccc1)(c1ccccc1)C1c2ccccc2-c2ccccc21. The van der Waals surface area contributed by atoms with Crippen LogP contribution in [0.4, 0.5) is 0 Å². The monoisotopic (exact) mass is 488 g/mol. The Balaban J connectivity index is 1.59. The van der Waals surface area contributed by atoms with E-state index in [1.165, 1.54) is 50.1 Å². The molecular weight excluding hydrogens is 456 g/mol. The molecule has 0 radical (unpaired) electrons. The zero-order valence-electron chi connectivity index (χ0n) is 22.0. The maximum Gasteiger partial charge on any atom is 0.0415 e. The van der Waals surface area contributed by atoms with Crippen LogP contribution in [0.25, 0.3) is 17.2 Å². The van der Waals surface area contributed by atoms with Gasteiger partial charge in [-0.25, -0.2) is 0 Å². The molecule has 0 aromatic heterocycles. The molecule has 0 heteroatoms. The molecule has 0 saturated carbocycles. The van der Waals surface area contributed by atoms with Crippen LogP contribution in [0.1, 0.15) is 70.5 Å². The molecule has 7 rings (SSSR count). The summed E-state index contributed by atoms with van der Waals surface area (Å²) < 4.78 is 0. The van der Waals surface area contributed by atoms with Gasteiger partial charge in [-0.2, -0.15) is 0 Å². The van der Waals surface area contributed by atoms with Gasteiger partial charge in [0.1, 0.15) is 0 Å². The first-order valence-electron chi connectivity index (χ1n) is 13.8. The summed E-state index contributed by atoms with van der Waals surface area (Å²) in [6.07, 6.45) is 4.86. The molecular formula is C38H32. The van der Waals surface area contributed by atoms with Crippen molar-refractivity contribution in [2.24, 2.45) is 0 Å². The normalized spacial score (nSPS) is 15.9. The van der Waals surface area contributed by atoms with Gasteiger partial charge in [0.2, 0.25) is 0 Å². The molecule has 0 heterocycles. The zero-order valence-corrected chi connectivity index (χ0v) is 22.0. The molecule has 0 fully saturated rings. The molecule has 0 N–H and O–H groups in total. The molecule has 0 saturated heterocycles. The van der Waals surface area contributed by atoms with Gasteiger partial charge in [0.25, 0.3) is 0 Å². The van der Waals surface area contributed by atoms with E-state index in [1.807, 2.05) is 0 Å². The van der Waals surface area contributed by atoms with Gasteiger partial charge >= 0.3 is 0 Å². The van der Waals surface area contributed by atoms with E-state index < -0.39 is 0 Å². The lowest BCUT2D eigenvalue weighted by Crippen LogP contribution is -2.40. The largest absolute Gasteiger partial charge is 0.0751 e. The lowest BCUT2D eigenvalue weighted by Gasteiger charge is -2.46. The van der Waals surface area contributed by atoms with E-state index in [0.717, 1.165) is 0 Å². The van der Waals surface area contributed by atoms with Crippen LogP contribution < -0.4 is 0 Å². The van der Waals surface area contributed by atoms with Gasteiger partial charge < -0.3 is 0 Å². The van der Waals surface area contributed by atoms with Crippen molar-refractivity contribution in [1.82, 2.24) is 0 Å². The number of fused-ring (bicyclic) bond motifs is 4. The molecule has 5 aromatic carbocycles. The third-order valence-corrected chi connectivity index (χ3v) is 8.86. The quantitative estimate of drug-likeness (QED) is 0.231. The zero-order chi connectivity index (χ0) is 25.7. The lowest BCUT2D eigenvalue weighted by molar-refractivity contribution is 0.417. The summed E-state index contributed by atoms with van der Waals surface area (Å²) in [7, 11) is 0. The summed E-state index contributed by atoms with van der Waals surface area (Å²) in [5.41, 5.74) is 12.1. The highest BCUT2D eigenvalue weighted by Gasteiger charge is 2.53. The van der Waals surface area contributed by atoms with E-state index in [2.05, 4.69) is 153 Å². The van der Waals surface area contributed by atoms with Crippen molar-refractivity contribution < 1.29 is 0 Å². The van der Waals surface area contributed by atoms with Crippen molar-refractivity contribution >= 4 is 6.08 Å². The van der Waals surface area contributed by atoms with E-state index >= 15 is 0 Å². The second-order valence-electron chi connectivity index (χ2n) is 11.1. The van der Waals surface area contributed by atoms with E-state index in [4.69, 9.17) is 0 Å².